The summed E-state index contributed by atoms with van der Waals surface area (Å²) in [5.74, 6) is -0.561. The van der Waals surface area contributed by atoms with Crippen molar-refractivity contribution < 1.29 is 13.2 Å². The first-order valence-electron chi connectivity index (χ1n) is 11.1. The van der Waals surface area contributed by atoms with Crippen molar-refractivity contribution in [1.82, 2.24) is 13.9 Å². The minimum Gasteiger partial charge on any atom is -0.324 e. The molecule has 186 valence electrons. The Labute approximate surface area is 208 Å². The highest BCUT2D eigenvalue weighted by atomic mass is 32.2. The van der Waals surface area contributed by atoms with Gasteiger partial charge in [0, 0.05) is 19.8 Å². The molecule has 0 fully saturated rings. The first-order chi connectivity index (χ1) is 17.0. The van der Waals surface area contributed by atoms with Gasteiger partial charge in [-0.3, -0.25) is 18.7 Å². The molecule has 10 heteroatoms. The summed E-state index contributed by atoms with van der Waals surface area (Å²) in [4.78, 5) is 38.0. The Morgan fingerprint density at radius 1 is 0.861 bits per heavy atom. The molecule has 4 rings (SSSR count). The van der Waals surface area contributed by atoms with Crippen molar-refractivity contribution in [2.75, 3.05) is 5.32 Å². The third-order valence-corrected chi connectivity index (χ3v) is 7.33. The molecule has 0 aliphatic carbocycles. The van der Waals surface area contributed by atoms with E-state index in [4.69, 9.17) is 0 Å². The molecule has 0 bridgehead atoms. The predicted octanol–water partition coefficient (Wildman–Crippen LogP) is 2.51. The molecule has 0 aliphatic rings. The zero-order valence-electron chi connectivity index (χ0n) is 20.3. The Balaban J connectivity index is 1.75. The summed E-state index contributed by atoms with van der Waals surface area (Å²) in [5, 5.41) is 2.87. The Morgan fingerprint density at radius 2 is 1.50 bits per heavy atom. The molecule has 2 N–H and O–H groups in total. The van der Waals surface area contributed by atoms with Gasteiger partial charge >= 0.3 is 5.69 Å². The summed E-state index contributed by atoms with van der Waals surface area (Å²) in [7, 11) is -1.43. The minimum absolute atomic E-state index is 0.0680. The van der Waals surface area contributed by atoms with Gasteiger partial charge in [0.15, 0.2) is 0 Å². The van der Waals surface area contributed by atoms with E-state index in [9.17, 15) is 22.8 Å². The van der Waals surface area contributed by atoms with Crippen LogP contribution in [0.15, 0.2) is 81.2 Å². The number of hydrogen-bond donors (Lipinski definition) is 2. The van der Waals surface area contributed by atoms with Crippen LogP contribution in [0.4, 0.5) is 5.69 Å². The van der Waals surface area contributed by atoms with Gasteiger partial charge in [-0.05, 0) is 60.9 Å². The van der Waals surface area contributed by atoms with E-state index in [0.29, 0.717) is 16.8 Å². The van der Waals surface area contributed by atoms with Gasteiger partial charge in [-0.1, -0.05) is 36.4 Å². The second-order valence-electron chi connectivity index (χ2n) is 8.72. The molecular weight excluding hydrogens is 480 g/mol. The smallest absolute Gasteiger partial charge is 0.324 e. The minimum atomic E-state index is -4.25. The number of aryl methyl sites for hydroxylation is 3. The van der Waals surface area contributed by atoms with Crippen molar-refractivity contribution in [3.8, 4) is 0 Å². The highest BCUT2D eigenvalue weighted by molar-refractivity contribution is 7.89. The van der Waals surface area contributed by atoms with Crippen LogP contribution < -0.4 is 21.3 Å². The Bertz CT molecular complexity index is 1690. The zero-order chi connectivity index (χ0) is 26.2. The fraction of sp³-hybridized carbons (Fsp3) is 0.192. The molecule has 3 aromatic carbocycles. The van der Waals surface area contributed by atoms with Crippen LogP contribution in [0, 0.1) is 13.8 Å². The SMILES string of the molecule is Cc1cc(C)cc(NC(=O)[C@@H](NS(=O)(=O)c2ccc3c(c2)c(=O)n(C)c(=O)n3C)c2ccccc2)c1. The number of hydrogen-bond acceptors (Lipinski definition) is 5. The largest absolute Gasteiger partial charge is 0.330 e. The summed E-state index contributed by atoms with van der Waals surface area (Å²) >= 11 is 0. The molecule has 9 nitrogen and oxygen atoms in total. The number of anilines is 1. The lowest BCUT2D eigenvalue weighted by Crippen LogP contribution is -2.38. The molecule has 1 heterocycles. The van der Waals surface area contributed by atoms with E-state index in [2.05, 4.69) is 10.0 Å². The van der Waals surface area contributed by atoms with Crippen LogP contribution in [0.5, 0.6) is 0 Å². The lowest BCUT2D eigenvalue weighted by Gasteiger charge is -2.20. The molecule has 0 unspecified atom stereocenters. The van der Waals surface area contributed by atoms with Gasteiger partial charge in [0.2, 0.25) is 15.9 Å². The number of carbonyl (C=O) groups is 1. The van der Waals surface area contributed by atoms with Gasteiger partial charge in [0.05, 0.1) is 15.8 Å². The van der Waals surface area contributed by atoms with Crippen LogP contribution in [0.1, 0.15) is 22.7 Å². The van der Waals surface area contributed by atoms with E-state index in [1.165, 1.54) is 36.9 Å². The van der Waals surface area contributed by atoms with E-state index in [-0.39, 0.29) is 10.3 Å². The molecule has 4 aromatic rings. The number of nitrogens with one attached hydrogen (secondary N) is 2. The quantitative estimate of drug-likeness (QED) is 0.417. The van der Waals surface area contributed by atoms with E-state index in [1.54, 1.807) is 42.5 Å². The molecule has 36 heavy (non-hydrogen) atoms. The number of aromatic nitrogens is 2. The molecule has 0 spiro atoms. The summed E-state index contributed by atoms with van der Waals surface area (Å²) in [6, 6.07) is 16.7. The van der Waals surface area contributed by atoms with Crippen molar-refractivity contribution in [1.29, 1.82) is 0 Å². The molecule has 0 saturated carbocycles. The molecular formula is C26H26N4O5S. The second-order valence-corrected chi connectivity index (χ2v) is 10.4. The molecule has 0 radical (unpaired) electrons. The van der Waals surface area contributed by atoms with Gasteiger partial charge < -0.3 is 5.32 Å². The van der Waals surface area contributed by atoms with Crippen LogP contribution in [0.25, 0.3) is 10.9 Å². The number of sulfonamides is 1. The zero-order valence-corrected chi connectivity index (χ0v) is 21.1. The lowest BCUT2D eigenvalue weighted by atomic mass is 10.1. The first-order valence-corrected chi connectivity index (χ1v) is 12.6. The van der Waals surface area contributed by atoms with Crippen molar-refractivity contribution in [2.45, 2.75) is 24.8 Å². The monoisotopic (exact) mass is 506 g/mol. The second kappa shape index (κ2) is 9.56. The van der Waals surface area contributed by atoms with Gasteiger partial charge in [-0.15, -0.1) is 0 Å². The molecule has 1 atom stereocenters. The number of rotatable bonds is 6. The molecule has 0 aliphatic heterocycles. The molecule has 1 amide bonds. The van der Waals surface area contributed by atoms with Crippen LogP contribution >= 0.6 is 0 Å². The van der Waals surface area contributed by atoms with Crippen LogP contribution in [0.2, 0.25) is 0 Å². The van der Waals surface area contributed by atoms with Crippen molar-refractivity contribution >= 4 is 32.5 Å². The normalized spacial score (nSPS) is 12.4. The Kier molecular flexibility index (Phi) is 6.66. The summed E-state index contributed by atoms with van der Waals surface area (Å²) in [5.41, 5.74) is 2.07. The number of carbonyl (C=O) groups excluding carboxylic acids is 1. The standard InChI is InChI=1S/C26H26N4O5S/c1-16-12-17(2)14-19(13-16)27-24(31)23(18-8-6-5-7-9-18)28-36(34,35)20-10-11-22-21(15-20)25(32)30(4)26(33)29(22)3/h5-15,23,28H,1-4H3,(H,27,31)/t23-/m0/s1. The lowest BCUT2D eigenvalue weighted by molar-refractivity contribution is -0.117. The maximum absolute atomic E-state index is 13.4. The average Bonchev–Trinajstić information content (AvgIpc) is 2.84. The highest BCUT2D eigenvalue weighted by Gasteiger charge is 2.28. The predicted molar refractivity (Wildman–Crippen MR) is 138 cm³/mol. The van der Waals surface area contributed by atoms with Crippen LogP contribution in [-0.2, 0) is 28.9 Å². The van der Waals surface area contributed by atoms with Gasteiger partial charge in [0.25, 0.3) is 5.56 Å². The Morgan fingerprint density at radius 3 is 2.14 bits per heavy atom. The topological polar surface area (TPSA) is 119 Å². The van der Waals surface area contributed by atoms with E-state index < -0.39 is 33.2 Å². The number of nitrogens with zero attached hydrogens (tertiary/aromatic N) is 2. The number of benzene rings is 3. The van der Waals surface area contributed by atoms with Gasteiger partial charge in [-0.2, -0.15) is 4.72 Å². The van der Waals surface area contributed by atoms with Crippen LogP contribution in [-0.4, -0.2) is 23.5 Å². The van der Waals surface area contributed by atoms with E-state index in [1.807, 2.05) is 19.9 Å². The molecule has 0 saturated heterocycles. The first kappa shape index (κ1) is 25.1. The Hall–Kier alpha value is -4.02. The summed E-state index contributed by atoms with van der Waals surface area (Å²) < 4.78 is 31.5. The third-order valence-electron chi connectivity index (χ3n) is 5.91. The number of fused-ring (bicyclic) bond motifs is 1. The molecule has 1 aromatic heterocycles. The fourth-order valence-corrected chi connectivity index (χ4v) is 5.35. The average molecular weight is 507 g/mol. The summed E-state index contributed by atoms with van der Waals surface area (Å²) in [6.07, 6.45) is 0. The van der Waals surface area contributed by atoms with Gasteiger partial charge in [0.1, 0.15) is 6.04 Å². The van der Waals surface area contributed by atoms with E-state index in [0.717, 1.165) is 15.7 Å². The van der Waals surface area contributed by atoms with Crippen molar-refractivity contribution in [3.05, 3.63) is 104 Å². The highest BCUT2D eigenvalue weighted by Crippen LogP contribution is 2.22. The van der Waals surface area contributed by atoms with Crippen molar-refractivity contribution in [2.24, 2.45) is 14.1 Å². The van der Waals surface area contributed by atoms with Gasteiger partial charge in [-0.25, -0.2) is 13.2 Å². The van der Waals surface area contributed by atoms with Crippen LogP contribution in [0.3, 0.4) is 0 Å². The van der Waals surface area contributed by atoms with E-state index >= 15 is 0 Å². The number of amides is 1. The van der Waals surface area contributed by atoms with Crippen molar-refractivity contribution in [3.63, 3.8) is 0 Å². The maximum atomic E-state index is 13.4. The maximum Gasteiger partial charge on any atom is 0.330 e. The third kappa shape index (κ3) is 4.86. The summed E-state index contributed by atoms with van der Waals surface area (Å²) in [6.45, 7) is 3.81. The fourth-order valence-electron chi connectivity index (χ4n) is 4.14.